The van der Waals surface area contributed by atoms with Gasteiger partial charge in [0, 0.05) is 34.5 Å². The number of Topliss-reactive ketones (excluding diaryl/α,β-unsaturated/α-hetero) is 1. The van der Waals surface area contributed by atoms with Crippen molar-refractivity contribution in [3.05, 3.63) is 135 Å². The van der Waals surface area contributed by atoms with Gasteiger partial charge in [-0.1, -0.05) is 42.5 Å². The van der Waals surface area contributed by atoms with Gasteiger partial charge in [0.05, 0.1) is 17.6 Å². The van der Waals surface area contributed by atoms with Crippen LogP contribution in [0.1, 0.15) is 42.7 Å². The predicted octanol–water partition coefficient (Wildman–Crippen LogP) is 5.64. The first-order valence-electron chi connectivity index (χ1n) is 11.5. The molecule has 0 fully saturated rings. The molecule has 0 radical (unpaired) electrons. The van der Waals surface area contributed by atoms with Crippen molar-refractivity contribution in [2.45, 2.75) is 6.10 Å². The SMILES string of the molecule is COc1ccc(C(=O)[C@H](OC(=O)c2cccc(NC(=O)c3cccc([N+](=O)[O-])c3)c2)c2ccccc2)cc1. The molecule has 0 heterocycles. The minimum Gasteiger partial charge on any atom is -0.497 e. The molecule has 1 amide bonds. The van der Waals surface area contributed by atoms with Crippen molar-refractivity contribution in [2.75, 3.05) is 12.4 Å². The number of carbonyl (C=O) groups is 3. The fourth-order valence-electron chi connectivity index (χ4n) is 3.67. The molecular weight excluding hydrogens is 488 g/mol. The fourth-order valence-corrected chi connectivity index (χ4v) is 3.67. The topological polar surface area (TPSA) is 125 Å². The van der Waals surface area contributed by atoms with E-state index < -0.39 is 28.7 Å². The van der Waals surface area contributed by atoms with Crippen LogP contribution in [-0.4, -0.2) is 29.7 Å². The molecule has 0 aliphatic carbocycles. The molecule has 4 aromatic carbocycles. The summed E-state index contributed by atoms with van der Waals surface area (Å²) in [6.07, 6.45) is -1.21. The molecule has 0 aliphatic rings. The van der Waals surface area contributed by atoms with Crippen molar-refractivity contribution in [3.8, 4) is 5.75 Å². The lowest BCUT2D eigenvalue weighted by Gasteiger charge is -2.18. The number of nitrogens with zero attached hydrogens (tertiary/aromatic N) is 1. The minimum atomic E-state index is -1.21. The lowest BCUT2D eigenvalue weighted by atomic mass is 9.99. The van der Waals surface area contributed by atoms with E-state index in [-0.39, 0.29) is 22.5 Å². The number of nitro benzene ring substituents is 1. The van der Waals surface area contributed by atoms with Crippen LogP contribution < -0.4 is 10.1 Å². The van der Waals surface area contributed by atoms with Crippen molar-refractivity contribution in [1.82, 2.24) is 0 Å². The Morgan fingerprint density at radius 1 is 0.789 bits per heavy atom. The van der Waals surface area contributed by atoms with Crippen molar-refractivity contribution in [3.63, 3.8) is 0 Å². The first-order chi connectivity index (χ1) is 18.4. The zero-order valence-electron chi connectivity index (χ0n) is 20.2. The van der Waals surface area contributed by atoms with Gasteiger partial charge in [0.15, 0.2) is 6.10 Å². The van der Waals surface area contributed by atoms with Gasteiger partial charge >= 0.3 is 5.97 Å². The van der Waals surface area contributed by atoms with E-state index in [0.717, 1.165) is 6.07 Å². The molecule has 4 aromatic rings. The average Bonchev–Trinajstić information content (AvgIpc) is 2.96. The number of hydrogen-bond donors (Lipinski definition) is 1. The van der Waals surface area contributed by atoms with Crippen molar-refractivity contribution < 1.29 is 28.8 Å². The number of hydrogen-bond acceptors (Lipinski definition) is 7. The van der Waals surface area contributed by atoms with E-state index in [0.29, 0.717) is 16.9 Å². The number of anilines is 1. The zero-order chi connectivity index (χ0) is 27.1. The van der Waals surface area contributed by atoms with Crippen LogP contribution in [0, 0.1) is 10.1 Å². The molecule has 1 N–H and O–H groups in total. The average molecular weight is 511 g/mol. The summed E-state index contributed by atoms with van der Waals surface area (Å²) >= 11 is 0. The summed E-state index contributed by atoms with van der Waals surface area (Å²) in [6.45, 7) is 0. The van der Waals surface area contributed by atoms with Gasteiger partial charge in [-0.3, -0.25) is 19.7 Å². The molecule has 0 bridgehead atoms. The van der Waals surface area contributed by atoms with E-state index in [1.807, 2.05) is 0 Å². The molecule has 0 aromatic heterocycles. The van der Waals surface area contributed by atoms with E-state index in [9.17, 15) is 24.5 Å². The number of carbonyl (C=O) groups excluding carboxylic acids is 3. The van der Waals surface area contributed by atoms with Crippen molar-refractivity contribution in [1.29, 1.82) is 0 Å². The molecule has 190 valence electrons. The number of methoxy groups -OCH3 is 1. The monoisotopic (exact) mass is 510 g/mol. The lowest BCUT2D eigenvalue weighted by Crippen LogP contribution is -2.20. The normalized spacial score (nSPS) is 11.2. The van der Waals surface area contributed by atoms with Gasteiger partial charge < -0.3 is 14.8 Å². The van der Waals surface area contributed by atoms with E-state index in [1.54, 1.807) is 66.7 Å². The first kappa shape index (κ1) is 25.8. The number of esters is 1. The summed E-state index contributed by atoms with van der Waals surface area (Å²) in [5.41, 5.74) is 1.08. The number of non-ortho nitro benzene ring substituents is 1. The maximum absolute atomic E-state index is 13.3. The Morgan fingerprint density at radius 2 is 1.47 bits per heavy atom. The van der Waals surface area contributed by atoms with E-state index >= 15 is 0 Å². The van der Waals surface area contributed by atoms with Crippen LogP contribution in [0.5, 0.6) is 5.75 Å². The number of ether oxygens (including phenoxy) is 2. The maximum Gasteiger partial charge on any atom is 0.339 e. The number of nitro groups is 1. The lowest BCUT2D eigenvalue weighted by molar-refractivity contribution is -0.384. The van der Waals surface area contributed by atoms with Gasteiger partial charge in [0.25, 0.3) is 11.6 Å². The van der Waals surface area contributed by atoms with Crippen LogP contribution >= 0.6 is 0 Å². The molecular formula is C29H22N2O7. The third kappa shape index (κ3) is 6.08. The van der Waals surface area contributed by atoms with E-state index in [1.165, 1.54) is 37.4 Å². The van der Waals surface area contributed by atoms with Crippen LogP contribution in [0.4, 0.5) is 11.4 Å². The molecule has 9 nitrogen and oxygen atoms in total. The molecule has 9 heteroatoms. The second kappa shape index (κ2) is 11.6. The summed E-state index contributed by atoms with van der Waals surface area (Å²) in [4.78, 5) is 49.5. The van der Waals surface area contributed by atoms with E-state index in [4.69, 9.17) is 9.47 Å². The summed E-state index contributed by atoms with van der Waals surface area (Å²) in [7, 11) is 1.52. The summed E-state index contributed by atoms with van der Waals surface area (Å²) in [5, 5.41) is 13.6. The third-order valence-corrected chi connectivity index (χ3v) is 5.62. The van der Waals surface area contributed by atoms with Gasteiger partial charge in [-0.2, -0.15) is 0 Å². The highest BCUT2D eigenvalue weighted by Gasteiger charge is 2.27. The van der Waals surface area contributed by atoms with E-state index in [2.05, 4.69) is 5.32 Å². The summed E-state index contributed by atoms with van der Waals surface area (Å²) < 4.78 is 10.8. The molecule has 4 rings (SSSR count). The number of benzene rings is 4. The molecule has 0 aliphatic heterocycles. The number of ketones is 1. The Bertz CT molecular complexity index is 1480. The highest BCUT2D eigenvalue weighted by atomic mass is 16.6. The Hall–Kier alpha value is -5.31. The predicted molar refractivity (Wildman–Crippen MR) is 139 cm³/mol. The fraction of sp³-hybridized carbons (Fsp3) is 0.0690. The standard InChI is InChI=1S/C29H22N2O7/c1-37-25-15-13-19(14-16-25)26(32)27(20-7-3-2-4-8-20)38-29(34)22-10-5-11-23(17-22)30-28(33)21-9-6-12-24(18-21)31(35)36/h2-18,27H,1H3,(H,30,33)/t27-/m1/s1. The van der Waals surface area contributed by atoms with Crippen LogP contribution in [0.3, 0.4) is 0 Å². The third-order valence-electron chi connectivity index (χ3n) is 5.62. The van der Waals surface area contributed by atoms with Crippen molar-refractivity contribution in [2.24, 2.45) is 0 Å². The summed E-state index contributed by atoms with van der Waals surface area (Å²) in [6, 6.07) is 26.4. The molecule has 1 atom stereocenters. The minimum absolute atomic E-state index is 0.0846. The molecule has 0 unspecified atom stereocenters. The van der Waals surface area contributed by atoms with Crippen LogP contribution in [0.25, 0.3) is 0 Å². The van der Waals surface area contributed by atoms with Gasteiger partial charge in [0.2, 0.25) is 5.78 Å². The highest BCUT2D eigenvalue weighted by molar-refractivity contribution is 6.05. The van der Waals surface area contributed by atoms with Gasteiger partial charge in [-0.05, 0) is 48.5 Å². The quantitative estimate of drug-likeness (QED) is 0.134. The molecule has 0 spiro atoms. The van der Waals surface area contributed by atoms with Crippen molar-refractivity contribution >= 4 is 29.0 Å². The van der Waals surface area contributed by atoms with Crippen LogP contribution in [0.15, 0.2) is 103 Å². The molecule has 0 saturated carbocycles. The number of nitrogens with one attached hydrogen (secondary N) is 1. The smallest absolute Gasteiger partial charge is 0.339 e. The molecule has 0 saturated heterocycles. The Balaban J connectivity index is 1.54. The largest absolute Gasteiger partial charge is 0.497 e. The summed E-state index contributed by atoms with van der Waals surface area (Å²) in [5.74, 6) is -1.19. The second-order valence-electron chi connectivity index (χ2n) is 8.13. The van der Waals surface area contributed by atoms with Crippen LogP contribution in [-0.2, 0) is 4.74 Å². The maximum atomic E-state index is 13.3. The Kier molecular flexibility index (Phi) is 7.88. The Morgan fingerprint density at radius 3 is 2.16 bits per heavy atom. The number of amides is 1. The first-order valence-corrected chi connectivity index (χ1v) is 11.5. The zero-order valence-corrected chi connectivity index (χ0v) is 20.2. The van der Waals surface area contributed by atoms with Gasteiger partial charge in [-0.15, -0.1) is 0 Å². The van der Waals surface area contributed by atoms with Crippen LogP contribution in [0.2, 0.25) is 0 Å². The van der Waals surface area contributed by atoms with Gasteiger partial charge in [-0.25, -0.2) is 4.79 Å². The number of rotatable bonds is 9. The van der Waals surface area contributed by atoms with Gasteiger partial charge in [0.1, 0.15) is 5.75 Å². The second-order valence-corrected chi connectivity index (χ2v) is 8.13. The molecule has 38 heavy (non-hydrogen) atoms. The Labute approximate surface area is 217 Å². The highest BCUT2D eigenvalue weighted by Crippen LogP contribution is 2.26.